The lowest BCUT2D eigenvalue weighted by Gasteiger charge is -2.42. The zero-order valence-corrected chi connectivity index (χ0v) is 33.2. The fraction of sp³-hybridized carbons (Fsp3) is 0.436. The van der Waals surface area contributed by atoms with Gasteiger partial charge in [0.2, 0.25) is 27.3 Å². The lowest BCUT2D eigenvalue weighted by Crippen LogP contribution is -2.53. The highest BCUT2D eigenvalue weighted by atomic mass is 35.5. The van der Waals surface area contributed by atoms with E-state index < -0.39 is 50.7 Å². The number of rotatable bonds is 11. The van der Waals surface area contributed by atoms with Crippen molar-refractivity contribution in [2.24, 2.45) is 11.8 Å². The summed E-state index contributed by atoms with van der Waals surface area (Å²) >= 11 is 8.11. The Morgan fingerprint density at radius 3 is 2.51 bits per heavy atom. The molecule has 2 bridgehead atoms. The van der Waals surface area contributed by atoms with Crippen LogP contribution in [0.15, 0.2) is 69.6 Å². The van der Waals surface area contributed by atoms with Crippen LogP contribution in [-0.2, 0) is 26.2 Å². The normalized spacial score (nSPS) is 23.9. The molecule has 1 aliphatic carbocycles. The summed E-state index contributed by atoms with van der Waals surface area (Å²) in [6.45, 7) is 2.40. The zero-order valence-electron chi connectivity index (χ0n) is 30.8. The number of carbonyl (C=O) groups is 3. The van der Waals surface area contributed by atoms with Gasteiger partial charge in [-0.2, -0.15) is 0 Å². The van der Waals surface area contributed by atoms with Crippen molar-refractivity contribution in [3.63, 3.8) is 0 Å². The van der Waals surface area contributed by atoms with Crippen LogP contribution in [0.3, 0.4) is 0 Å². The van der Waals surface area contributed by atoms with Crippen molar-refractivity contribution in [1.29, 1.82) is 0 Å². The second-order valence-electron chi connectivity index (χ2n) is 14.5. The molecule has 1 fully saturated rings. The Hall–Kier alpha value is -4.31. The number of ketones is 2. The number of nitrogens with zero attached hydrogens (tertiary/aromatic N) is 2. The van der Waals surface area contributed by atoms with Gasteiger partial charge in [0.1, 0.15) is 22.1 Å². The van der Waals surface area contributed by atoms with Crippen LogP contribution < -0.4 is 25.1 Å². The number of fused-ring (bicyclic) bond motifs is 5. The first kappa shape index (κ1) is 38.9. The summed E-state index contributed by atoms with van der Waals surface area (Å²) in [7, 11) is -1.02. The van der Waals surface area contributed by atoms with Gasteiger partial charge < -0.3 is 29.2 Å². The molecule has 1 saturated heterocycles. The monoisotopic (exact) mass is 811 g/mol. The van der Waals surface area contributed by atoms with Crippen LogP contribution in [0, 0.1) is 11.8 Å². The number of thioether (sulfide) groups is 1. The fourth-order valence-corrected chi connectivity index (χ4v) is 10.7. The average Bonchev–Trinajstić information content (AvgIpc) is 3.48. The molecular weight excluding hydrogens is 770 g/mol. The Balaban J connectivity index is 1.15. The number of hydrogen-bond acceptors (Lipinski definition) is 11. The molecule has 4 heterocycles. The largest absolute Gasteiger partial charge is 0.507 e. The van der Waals surface area contributed by atoms with E-state index in [2.05, 4.69) is 5.32 Å². The predicted octanol–water partition coefficient (Wildman–Crippen LogP) is 4.71. The number of aromatic nitrogens is 1. The number of halogens is 1. The molecule has 13 nitrogen and oxygen atoms in total. The number of aliphatic hydroxyl groups is 1. The summed E-state index contributed by atoms with van der Waals surface area (Å²) in [6, 6.07) is 13.7. The van der Waals surface area contributed by atoms with Gasteiger partial charge in [-0.05, 0) is 42.4 Å². The van der Waals surface area contributed by atoms with Gasteiger partial charge >= 0.3 is 0 Å². The molecule has 0 saturated carbocycles. The number of hydrogen-bond donors (Lipinski definition) is 2. The molecule has 2 N–H and O–H groups in total. The third kappa shape index (κ3) is 6.72. The molecule has 3 aliphatic heterocycles. The number of methoxy groups -OCH3 is 2. The summed E-state index contributed by atoms with van der Waals surface area (Å²) in [4.78, 5) is 55.4. The Morgan fingerprint density at radius 1 is 1.09 bits per heavy atom. The number of pyridine rings is 1. The number of piperidine rings is 1. The van der Waals surface area contributed by atoms with Gasteiger partial charge in [-0.15, -0.1) is 11.8 Å². The van der Waals surface area contributed by atoms with Crippen molar-refractivity contribution in [2.45, 2.75) is 55.1 Å². The fourth-order valence-electron chi connectivity index (χ4n) is 8.55. The third-order valence-electron chi connectivity index (χ3n) is 11.3. The highest BCUT2D eigenvalue weighted by Crippen LogP contribution is 2.56. The molecular formula is C39H42ClN3O10S2. The van der Waals surface area contributed by atoms with Crippen molar-refractivity contribution < 1.29 is 42.1 Å². The number of benzene rings is 2. The minimum absolute atomic E-state index is 0.00312. The van der Waals surface area contributed by atoms with E-state index in [1.165, 1.54) is 42.4 Å². The summed E-state index contributed by atoms with van der Waals surface area (Å²) < 4.78 is 47.5. The molecule has 1 spiro atoms. The van der Waals surface area contributed by atoms with E-state index in [0.29, 0.717) is 12.1 Å². The number of ether oxygens (including phenoxy) is 3. The Kier molecular flexibility index (Phi) is 10.6. The number of sulfonamides is 1. The minimum atomic E-state index is -3.79. The summed E-state index contributed by atoms with van der Waals surface area (Å²) in [5, 5.41) is 14.9. The maximum atomic E-state index is 14.4. The maximum absolute atomic E-state index is 14.4. The third-order valence-corrected chi connectivity index (χ3v) is 14.2. The molecule has 2 aromatic carbocycles. The number of carbonyl (C=O) groups excluding carboxylic acids is 3. The van der Waals surface area contributed by atoms with E-state index in [-0.39, 0.29) is 89.0 Å². The first-order chi connectivity index (χ1) is 26.2. The van der Waals surface area contributed by atoms with E-state index in [1.807, 2.05) is 24.5 Å². The highest BCUT2D eigenvalue weighted by molar-refractivity contribution is 7.98. The molecule has 292 valence electrons. The van der Waals surface area contributed by atoms with E-state index in [1.54, 1.807) is 29.7 Å². The minimum Gasteiger partial charge on any atom is -0.507 e. The molecule has 7 rings (SSSR count). The molecule has 1 amide bonds. The van der Waals surface area contributed by atoms with Crippen molar-refractivity contribution in [3.8, 4) is 17.2 Å². The van der Waals surface area contributed by atoms with Gasteiger partial charge in [0.15, 0.2) is 17.3 Å². The van der Waals surface area contributed by atoms with Crippen molar-refractivity contribution in [1.82, 2.24) is 14.2 Å². The predicted molar refractivity (Wildman–Crippen MR) is 206 cm³/mol. The van der Waals surface area contributed by atoms with Crippen LogP contribution in [0.1, 0.15) is 59.6 Å². The SMILES string of the molecule is COc1cc(OC)c2c(c1Cl)OC1(C2=O)C(O)=C(C(CC(=O)NCCS(=O)(=O)N2CC3CC(C2)c2cccc(=O)n2C3)c2ccc(SC)cc2)C(=O)CC1C. The topological polar surface area (TPSA) is 171 Å². The summed E-state index contributed by atoms with van der Waals surface area (Å²) in [5.41, 5.74) is -0.936. The molecule has 4 aliphatic rings. The average molecular weight is 812 g/mol. The Labute approximate surface area is 328 Å². The Morgan fingerprint density at radius 2 is 1.82 bits per heavy atom. The van der Waals surface area contributed by atoms with E-state index in [0.717, 1.165) is 17.0 Å². The molecule has 55 heavy (non-hydrogen) atoms. The number of nitrogens with one attached hydrogen (secondary N) is 1. The summed E-state index contributed by atoms with van der Waals surface area (Å²) in [5.74, 6) is -4.38. The molecule has 0 radical (unpaired) electrons. The molecule has 3 aromatic rings. The van der Waals surface area contributed by atoms with Crippen LogP contribution in [0.2, 0.25) is 5.02 Å². The number of amides is 1. The van der Waals surface area contributed by atoms with Crippen LogP contribution in [0.25, 0.3) is 0 Å². The van der Waals surface area contributed by atoms with Crippen molar-refractivity contribution >= 4 is 50.9 Å². The van der Waals surface area contributed by atoms with Gasteiger partial charge in [-0.25, -0.2) is 12.7 Å². The first-order valence-electron chi connectivity index (χ1n) is 18.0. The number of aliphatic hydroxyl groups excluding tert-OH is 1. The van der Waals surface area contributed by atoms with Gasteiger partial charge in [0.25, 0.3) is 5.56 Å². The summed E-state index contributed by atoms with van der Waals surface area (Å²) in [6.07, 6.45) is 2.17. The van der Waals surface area contributed by atoms with Crippen LogP contribution in [-0.4, -0.2) is 91.3 Å². The van der Waals surface area contributed by atoms with Gasteiger partial charge in [0, 0.05) is 85.1 Å². The van der Waals surface area contributed by atoms with Crippen LogP contribution in [0.4, 0.5) is 0 Å². The van der Waals surface area contributed by atoms with Crippen LogP contribution in [0.5, 0.6) is 17.2 Å². The molecule has 1 aromatic heterocycles. The molecule has 16 heteroatoms. The lowest BCUT2D eigenvalue weighted by molar-refractivity contribution is -0.121. The van der Waals surface area contributed by atoms with E-state index in [4.69, 9.17) is 25.8 Å². The van der Waals surface area contributed by atoms with E-state index in [9.17, 15) is 32.7 Å². The van der Waals surface area contributed by atoms with Gasteiger partial charge in [-0.1, -0.05) is 36.7 Å². The maximum Gasteiger partial charge on any atom is 0.250 e. The van der Waals surface area contributed by atoms with Gasteiger partial charge in [0.05, 0.1) is 20.0 Å². The van der Waals surface area contributed by atoms with Crippen LogP contribution >= 0.6 is 23.4 Å². The molecule has 5 unspecified atom stereocenters. The van der Waals surface area contributed by atoms with Crippen molar-refractivity contribution in [3.05, 3.63) is 92.1 Å². The van der Waals surface area contributed by atoms with E-state index >= 15 is 0 Å². The zero-order chi connectivity index (χ0) is 39.4. The second kappa shape index (κ2) is 15.0. The second-order valence-corrected chi connectivity index (χ2v) is 17.8. The molecule has 5 atom stereocenters. The van der Waals surface area contributed by atoms with Gasteiger partial charge in [-0.3, -0.25) is 19.2 Å². The van der Waals surface area contributed by atoms with Crippen molar-refractivity contribution in [2.75, 3.05) is 45.9 Å². The Bertz CT molecular complexity index is 2280. The standard InChI is InChI=1S/C39H42ClN3O10S2/c1-21-14-28(44)33(37(47)39(21)38(48)34-29(51-2)17-30(52-3)35(40)36(34)53-39)26(23-8-10-25(54-4)11-9-23)16-31(45)41-12-13-55(49,50)42-18-22-15-24(20-42)27-6-5-7-32(46)43(27)19-22/h5-11,17,21-22,24,26,47H,12-16,18-20H2,1-4H3,(H,41,45). The first-order valence-corrected chi connectivity index (χ1v) is 21.2. The quantitative estimate of drug-likeness (QED) is 0.257. The smallest absolute Gasteiger partial charge is 0.250 e. The highest BCUT2D eigenvalue weighted by Gasteiger charge is 2.61. The number of Topliss-reactive ketones (excluding diaryl/α,β-unsaturated/α-hetero) is 2. The lowest BCUT2D eigenvalue weighted by atomic mass is 9.69. The number of allylic oxidation sites excluding steroid dienone is 1.